The SMILES string of the molecule is COc1cc2nc[nH]c2cc1-c1cc(C)ncc1C(=O)O. The van der Waals surface area contributed by atoms with Crippen molar-refractivity contribution in [2.24, 2.45) is 0 Å². The number of hydrogen-bond acceptors (Lipinski definition) is 4. The van der Waals surface area contributed by atoms with Crippen LogP contribution < -0.4 is 4.74 Å². The molecule has 0 atom stereocenters. The van der Waals surface area contributed by atoms with Crippen LogP contribution in [-0.4, -0.2) is 33.1 Å². The van der Waals surface area contributed by atoms with Gasteiger partial charge >= 0.3 is 5.97 Å². The van der Waals surface area contributed by atoms with Crippen LogP contribution in [0.15, 0.2) is 30.7 Å². The van der Waals surface area contributed by atoms with Crippen LogP contribution in [0.2, 0.25) is 0 Å². The van der Waals surface area contributed by atoms with Crippen LogP contribution in [0.1, 0.15) is 16.1 Å². The number of aryl methyl sites for hydroxylation is 1. The molecule has 0 saturated heterocycles. The van der Waals surface area contributed by atoms with Gasteiger partial charge in [0.25, 0.3) is 0 Å². The normalized spacial score (nSPS) is 10.8. The Balaban J connectivity index is 2.33. The Bertz CT molecular complexity index is 839. The second-order valence-corrected chi connectivity index (χ2v) is 4.65. The number of H-pyrrole nitrogens is 1. The Hall–Kier alpha value is -2.89. The van der Waals surface area contributed by atoms with Crippen molar-refractivity contribution in [3.63, 3.8) is 0 Å². The Morgan fingerprint density at radius 2 is 2.05 bits per heavy atom. The summed E-state index contributed by atoms with van der Waals surface area (Å²) in [5.74, 6) is -0.452. The Labute approximate surface area is 120 Å². The average molecular weight is 283 g/mol. The molecule has 6 heteroatoms. The van der Waals surface area contributed by atoms with Gasteiger partial charge < -0.3 is 14.8 Å². The lowest BCUT2D eigenvalue weighted by molar-refractivity contribution is 0.0697. The maximum Gasteiger partial charge on any atom is 0.337 e. The molecule has 6 nitrogen and oxygen atoms in total. The quantitative estimate of drug-likeness (QED) is 0.771. The molecule has 0 aliphatic rings. The monoisotopic (exact) mass is 283 g/mol. The van der Waals surface area contributed by atoms with Crippen LogP contribution in [0.3, 0.4) is 0 Å². The minimum Gasteiger partial charge on any atom is -0.496 e. The first-order chi connectivity index (χ1) is 10.1. The van der Waals surface area contributed by atoms with Gasteiger partial charge in [0.15, 0.2) is 0 Å². The highest BCUT2D eigenvalue weighted by atomic mass is 16.5. The number of nitrogens with one attached hydrogen (secondary N) is 1. The third kappa shape index (κ3) is 2.20. The largest absolute Gasteiger partial charge is 0.496 e. The highest BCUT2D eigenvalue weighted by molar-refractivity contribution is 5.98. The zero-order chi connectivity index (χ0) is 15.0. The number of carboxylic acids is 1. The van der Waals surface area contributed by atoms with Crippen LogP contribution in [0.5, 0.6) is 5.75 Å². The number of fused-ring (bicyclic) bond motifs is 1. The van der Waals surface area contributed by atoms with Crippen molar-refractivity contribution in [3.05, 3.63) is 42.0 Å². The van der Waals surface area contributed by atoms with E-state index >= 15 is 0 Å². The molecule has 106 valence electrons. The van der Waals surface area contributed by atoms with Crippen molar-refractivity contribution in [1.29, 1.82) is 0 Å². The molecule has 1 aromatic carbocycles. The van der Waals surface area contributed by atoms with E-state index in [-0.39, 0.29) is 5.56 Å². The third-order valence-corrected chi connectivity index (χ3v) is 3.30. The van der Waals surface area contributed by atoms with Crippen LogP contribution in [-0.2, 0) is 0 Å². The molecular formula is C15H13N3O3. The van der Waals surface area contributed by atoms with Gasteiger partial charge in [-0.15, -0.1) is 0 Å². The van der Waals surface area contributed by atoms with E-state index in [0.29, 0.717) is 16.9 Å². The molecule has 3 rings (SSSR count). The predicted octanol–water partition coefficient (Wildman–Crippen LogP) is 2.64. The number of hydrogen-bond donors (Lipinski definition) is 2. The molecule has 2 heterocycles. The highest BCUT2D eigenvalue weighted by Gasteiger charge is 2.17. The van der Waals surface area contributed by atoms with Gasteiger partial charge in [0.1, 0.15) is 5.75 Å². The Morgan fingerprint density at radius 1 is 1.24 bits per heavy atom. The summed E-state index contributed by atoms with van der Waals surface area (Å²) in [5.41, 5.74) is 3.72. The minimum atomic E-state index is -1.02. The van der Waals surface area contributed by atoms with E-state index in [1.54, 1.807) is 25.6 Å². The Morgan fingerprint density at radius 3 is 2.76 bits per heavy atom. The summed E-state index contributed by atoms with van der Waals surface area (Å²) in [7, 11) is 1.55. The van der Waals surface area contributed by atoms with Crippen molar-refractivity contribution >= 4 is 17.0 Å². The fraction of sp³-hybridized carbons (Fsp3) is 0.133. The number of carbonyl (C=O) groups is 1. The number of carboxylic acid groups (broad SMARTS) is 1. The maximum absolute atomic E-state index is 11.4. The number of imidazole rings is 1. The lowest BCUT2D eigenvalue weighted by atomic mass is 9.99. The molecule has 0 bridgehead atoms. The zero-order valence-electron chi connectivity index (χ0n) is 11.5. The van der Waals surface area contributed by atoms with E-state index in [0.717, 1.165) is 16.7 Å². The van der Waals surface area contributed by atoms with Gasteiger partial charge in [0, 0.05) is 29.1 Å². The lowest BCUT2D eigenvalue weighted by Gasteiger charge is -2.12. The van der Waals surface area contributed by atoms with E-state index < -0.39 is 5.97 Å². The molecule has 0 saturated carbocycles. The van der Waals surface area contributed by atoms with Crippen molar-refractivity contribution in [3.8, 4) is 16.9 Å². The maximum atomic E-state index is 11.4. The number of aromatic carboxylic acids is 1. The van der Waals surface area contributed by atoms with Crippen LogP contribution >= 0.6 is 0 Å². The van der Waals surface area contributed by atoms with Crippen LogP contribution in [0, 0.1) is 6.92 Å². The van der Waals surface area contributed by atoms with Gasteiger partial charge in [-0.25, -0.2) is 9.78 Å². The first-order valence-corrected chi connectivity index (χ1v) is 6.31. The third-order valence-electron chi connectivity index (χ3n) is 3.30. The van der Waals surface area contributed by atoms with E-state index in [1.165, 1.54) is 6.20 Å². The molecule has 0 unspecified atom stereocenters. The molecule has 3 aromatic rings. The van der Waals surface area contributed by atoms with Gasteiger partial charge in [-0.05, 0) is 19.1 Å². The number of ether oxygens (including phenoxy) is 1. The van der Waals surface area contributed by atoms with E-state index in [1.807, 2.05) is 13.0 Å². The average Bonchev–Trinajstić information content (AvgIpc) is 2.92. The number of aromatic nitrogens is 3. The smallest absolute Gasteiger partial charge is 0.337 e. The zero-order valence-corrected chi connectivity index (χ0v) is 11.5. The summed E-state index contributed by atoms with van der Waals surface area (Å²) in [6, 6.07) is 5.36. The summed E-state index contributed by atoms with van der Waals surface area (Å²) in [6.45, 7) is 1.82. The lowest BCUT2D eigenvalue weighted by Crippen LogP contribution is -2.02. The summed E-state index contributed by atoms with van der Waals surface area (Å²) in [6.07, 6.45) is 2.95. The number of pyridine rings is 1. The fourth-order valence-electron chi connectivity index (χ4n) is 2.30. The Kier molecular flexibility index (Phi) is 3.06. The molecule has 0 spiro atoms. The molecule has 2 N–H and O–H groups in total. The fourth-order valence-corrected chi connectivity index (χ4v) is 2.30. The van der Waals surface area contributed by atoms with E-state index in [4.69, 9.17) is 4.74 Å². The van der Waals surface area contributed by atoms with Crippen LogP contribution in [0.4, 0.5) is 0 Å². The van der Waals surface area contributed by atoms with Gasteiger partial charge in [-0.2, -0.15) is 0 Å². The summed E-state index contributed by atoms with van der Waals surface area (Å²) in [4.78, 5) is 22.7. The topological polar surface area (TPSA) is 88.1 Å². The molecular weight excluding hydrogens is 270 g/mol. The van der Waals surface area contributed by atoms with Crippen LogP contribution in [0.25, 0.3) is 22.2 Å². The molecule has 0 aliphatic heterocycles. The number of rotatable bonds is 3. The van der Waals surface area contributed by atoms with E-state index in [2.05, 4.69) is 15.0 Å². The highest BCUT2D eigenvalue weighted by Crippen LogP contribution is 2.35. The number of benzene rings is 1. The van der Waals surface area contributed by atoms with Gasteiger partial charge in [0.05, 0.1) is 30.0 Å². The molecule has 0 amide bonds. The molecule has 0 aliphatic carbocycles. The second-order valence-electron chi connectivity index (χ2n) is 4.65. The second kappa shape index (κ2) is 4.90. The predicted molar refractivity (Wildman–Crippen MR) is 77.6 cm³/mol. The number of nitrogens with zero attached hydrogens (tertiary/aromatic N) is 2. The standard InChI is InChI=1S/C15H13N3O3/c1-8-3-9(11(6-16-8)15(19)20)10-4-12-13(18-7-17-12)5-14(10)21-2/h3-7H,1-2H3,(H,17,18)(H,19,20). The summed E-state index contributed by atoms with van der Waals surface area (Å²) < 4.78 is 5.38. The number of methoxy groups -OCH3 is 1. The first kappa shape index (κ1) is 13.1. The molecule has 0 fully saturated rings. The first-order valence-electron chi connectivity index (χ1n) is 6.31. The molecule has 21 heavy (non-hydrogen) atoms. The summed E-state index contributed by atoms with van der Waals surface area (Å²) in [5, 5.41) is 9.35. The van der Waals surface area contributed by atoms with Crippen molar-refractivity contribution in [1.82, 2.24) is 15.0 Å². The van der Waals surface area contributed by atoms with Crippen molar-refractivity contribution in [2.75, 3.05) is 7.11 Å². The van der Waals surface area contributed by atoms with Crippen molar-refractivity contribution < 1.29 is 14.6 Å². The minimum absolute atomic E-state index is 0.137. The van der Waals surface area contributed by atoms with Crippen molar-refractivity contribution in [2.45, 2.75) is 6.92 Å². The van der Waals surface area contributed by atoms with Gasteiger partial charge in [-0.1, -0.05) is 0 Å². The molecule has 2 aromatic heterocycles. The molecule has 0 radical (unpaired) electrons. The van der Waals surface area contributed by atoms with E-state index in [9.17, 15) is 9.90 Å². The van der Waals surface area contributed by atoms with Gasteiger partial charge in [-0.3, -0.25) is 4.98 Å². The van der Waals surface area contributed by atoms with Gasteiger partial charge in [0.2, 0.25) is 0 Å². The number of aromatic amines is 1. The summed E-state index contributed by atoms with van der Waals surface area (Å²) >= 11 is 0.